The van der Waals surface area contributed by atoms with Gasteiger partial charge in [-0.2, -0.15) is 5.43 Å². The molecule has 4 fully saturated rings. The lowest BCUT2D eigenvalue weighted by Crippen LogP contribution is -2.57. The van der Waals surface area contributed by atoms with Gasteiger partial charge in [0.2, 0.25) is 0 Å². The van der Waals surface area contributed by atoms with Gasteiger partial charge in [-0.3, -0.25) is 4.84 Å². The third-order valence-electron chi connectivity index (χ3n) is 4.52. The van der Waals surface area contributed by atoms with E-state index in [4.69, 9.17) is 4.84 Å². The summed E-state index contributed by atoms with van der Waals surface area (Å²) < 4.78 is 0. The van der Waals surface area contributed by atoms with Crippen LogP contribution >= 0.6 is 0 Å². The van der Waals surface area contributed by atoms with Crippen LogP contribution in [0, 0.1) is 11.8 Å². The van der Waals surface area contributed by atoms with Crippen molar-refractivity contribution >= 4 is 5.69 Å². The van der Waals surface area contributed by atoms with E-state index in [0.717, 1.165) is 18.0 Å². The van der Waals surface area contributed by atoms with E-state index < -0.39 is 0 Å². The van der Waals surface area contributed by atoms with Crippen LogP contribution < -0.4 is 16.1 Å². The van der Waals surface area contributed by atoms with Crippen molar-refractivity contribution in [3.63, 3.8) is 0 Å². The zero-order chi connectivity index (χ0) is 12.0. The molecule has 2 N–H and O–H groups in total. The molecular formula is C12H17N5O. The summed E-state index contributed by atoms with van der Waals surface area (Å²) in [6.07, 6.45) is 11.4. The molecule has 1 aromatic rings. The van der Waals surface area contributed by atoms with Crippen molar-refractivity contribution in [2.24, 2.45) is 11.8 Å². The topological polar surface area (TPSA) is 62.3 Å². The molecule has 1 saturated heterocycles. The highest BCUT2D eigenvalue weighted by Crippen LogP contribution is 2.48. The molecule has 1 aromatic heterocycles. The molecule has 1 aliphatic heterocycles. The largest absolute Gasteiger partial charge is 0.257 e. The molecule has 5 rings (SSSR count). The van der Waals surface area contributed by atoms with Crippen molar-refractivity contribution in [2.75, 3.05) is 5.12 Å². The van der Waals surface area contributed by atoms with Crippen molar-refractivity contribution in [1.82, 2.24) is 21.0 Å². The fourth-order valence-electron chi connectivity index (χ4n) is 3.58. The second kappa shape index (κ2) is 3.88. The van der Waals surface area contributed by atoms with Crippen LogP contribution in [0.15, 0.2) is 18.7 Å². The molecule has 18 heavy (non-hydrogen) atoms. The first-order chi connectivity index (χ1) is 8.86. The van der Waals surface area contributed by atoms with E-state index in [9.17, 15) is 0 Å². The normalized spacial score (nSPS) is 38.6. The summed E-state index contributed by atoms with van der Waals surface area (Å²) in [5, 5.41) is 1.79. The Morgan fingerprint density at radius 2 is 2.00 bits per heavy atom. The van der Waals surface area contributed by atoms with Gasteiger partial charge in [0.1, 0.15) is 12.0 Å². The fraction of sp³-hybridized carbons (Fsp3) is 0.667. The van der Waals surface area contributed by atoms with Gasteiger partial charge in [0.15, 0.2) is 5.72 Å². The molecule has 0 aromatic carbocycles. The van der Waals surface area contributed by atoms with Crippen molar-refractivity contribution in [3.8, 4) is 0 Å². The first-order valence-corrected chi connectivity index (χ1v) is 6.62. The predicted octanol–water partition coefficient (Wildman–Crippen LogP) is 1.14. The van der Waals surface area contributed by atoms with Gasteiger partial charge in [-0.15, -0.1) is 0 Å². The van der Waals surface area contributed by atoms with Gasteiger partial charge in [-0.1, -0.05) is 5.59 Å². The highest BCUT2D eigenvalue weighted by Gasteiger charge is 2.53. The predicted molar refractivity (Wildman–Crippen MR) is 64.7 cm³/mol. The minimum Gasteiger partial charge on any atom is -0.257 e. The number of nitrogens with one attached hydrogen (secondary N) is 2. The zero-order valence-electron chi connectivity index (χ0n) is 10.2. The average molecular weight is 247 g/mol. The molecular weight excluding hydrogens is 230 g/mol. The first-order valence-electron chi connectivity index (χ1n) is 6.62. The Kier molecular flexibility index (Phi) is 2.30. The number of hydrogen-bond acceptors (Lipinski definition) is 6. The fourth-order valence-corrected chi connectivity index (χ4v) is 3.58. The summed E-state index contributed by atoms with van der Waals surface area (Å²) in [4.78, 5) is 13.9. The SMILES string of the molecule is c1ncc(N2NO[C@@]3(CC4CCC3CC4)N2)cn1. The van der Waals surface area contributed by atoms with Gasteiger partial charge in [-0.05, 0) is 38.0 Å². The van der Waals surface area contributed by atoms with Gasteiger partial charge in [0, 0.05) is 5.92 Å². The van der Waals surface area contributed by atoms with E-state index in [1.165, 1.54) is 32.0 Å². The molecule has 1 spiro atoms. The molecule has 3 saturated carbocycles. The van der Waals surface area contributed by atoms with Crippen LogP contribution in [0.4, 0.5) is 5.69 Å². The van der Waals surface area contributed by atoms with Crippen molar-refractivity contribution in [2.45, 2.75) is 37.8 Å². The number of hydrazine groups is 2. The zero-order valence-corrected chi connectivity index (χ0v) is 10.2. The van der Waals surface area contributed by atoms with Gasteiger partial charge in [0.25, 0.3) is 0 Å². The standard InChI is InChI=1S/C12H17N5O/c1-3-10-4-2-9(1)5-12(10)15-17(16-18-12)11-6-13-8-14-7-11/h6-10,15-16H,1-5H2/t9?,10?,12-/m1/s1. The van der Waals surface area contributed by atoms with E-state index in [-0.39, 0.29) is 5.72 Å². The average Bonchev–Trinajstić information content (AvgIpc) is 2.85. The van der Waals surface area contributed by atoms with Crippen LogP contribution in [-0.4, -0.2) is 15.7 Å². The van der Waals surface area contributed by atoms with E-state index >= 15 is 0 Å². The number of rotatable bonds is 1. The maximum absolute atomic E-state index is 5.89. The van der Waals surface area contributed by atoms with Crippen LogP contribution in [0.1, 0.15) is 32.1 Å². The molecule has 0 unspecified atom stereocenters. The summed E-state index contributed by atoms with van der Waals surface area (Å²) in [5.74, 6) is 1.40. The molecule has 0 radical (unpaired) electrons. The smallest absolute Gasteiger partial charge is 0.163 e. The lowest BCUT2D eigenvalue weighted by molar-refractivity contribution is -0.153. The second-order valence-electron chi connectivity index (χ2n) is 5.55. The van der Waals surface area contributed by atoms with Crippen LogP contribution in [-0.2, 0) is 4.84 Å². The highest BCUT2D eigenvalue weighted by molar-refractivity contribution is 5.39. The molecule has 3 aliphatic carbocycles. The number of aromatic nitrogens is 2. The first kappa shape index (κ1) is 10.7. The maximum atomic E-state index is 5.89. The third kappa shape index (κ3) is 1.53. The molecule has 96 valence electrons. The van der Waals surface area contributed by atoms with Crippen molar-refractivity contribution in [3.05, 3.63) is 18.7 Å². The van der Waals surface area contributed by atoms with Gasteiger partial charge < -0.3 is 0 Å². The Morgan fingerprint density at radius 1 is 1.22 bits per heavy atom. The molecule has 6 nitrogen and oxygen atoms in total. The molecule has 4 aliphatic rings. The van der Waals surface area contributed by atoms with E-state index in [0.29, 0.717) is 5.92 Å². The number of anilines is 1. The summed E-state index contributed by atoms with van der Waals surface area (Å²) in [7, 11) is 0. The maximum Gasteiger partial charge on any atom is 0.163 e. The van der Waals surface area contributed by atoms with E-state index in [1.54, 1.807) is 17.5 Å². The summed E-state index contributed by atoms with van der Waals surface area (Å²) in [6.45, 7) is 0. The highest BCUT2D eigenvalue weighted by atomic mass is 16.7. The Labute approximate surface area is 106 Å². The van der Waals surface area contributed by atoms with Crippen molar-refractivity contribution < 1.29 is 4.84 Å². The van der Waals surface area contributed by atoms with Crippen LogP contribution in [0.5, 0.6) is 0 Å². The van der Waals surface area contributed by atoms with Gasteiger partial charge >= 0.3 is 0 Å². The van der Waals surface area contributed by atoms with Crippen molar-refractivity contribution in [1.29, 1.82) is 0 Å². The Morgan fingerprint density at radius 3 is 2.67 bits per heavy atom. The van der Waals surface area contributed by atoms with Crippen LogP contribution in [0.25, 0.3) is 0 Å². The number of nitrogens with zero attached hydrogens (tertiary/aromatic N) is 3. The third-order valence-corrected chi connectivity index (χ3v) is 4.52. The minimum atomic E-state index is -0.225. The van der Waals surface area contributed by atoms with Gasteiger partial charge in [0.05, 0.1) is 12.4 Å². The summed E-state index contributed by atoms with van der Waals surface area (Å²) >= 11 is 0. The summed E-state index contributed by atoms with van der Waals surface area (Å²) in [6, 6.07) is 0. The quantitative estimate of drug-likeness (QED) is 0.776. The van der Waals surface area contributed by atoms with E-state index in [2.05, 4.69) is 21.0 Å². The Balaban J connectivity index is 1.57. The van der Waals surface area contributed by atoms with E-state index in [1.807, 2.05) is 0 Å². The Hall–Kier alpha value is -1.24. The summed E-state index contributed by atoms with van der Waals surface area (Å²) in [5.41, 5.74) is 7.08. The molecule has 1 atom stereocenters. The van der Waals surface area contributed by atoms with Crippen LogP contribution in [0.3, 0.4) is 0 Å². The molecule has 2 heterocycles. The monoisotopic (exact) mass is 247 g/mol. The molecule has 6 heteroatoms. The second-order valence-corrected chi connectivity index (χ2v) is 5.55. The number of hydrogen-bond donors (Lipinski definition) is 2. The Bertz CT molecular complexity index is 433. The van der Waals surface area contributed by atoms with Gasteiger partial charge in [-0.25, -0.2) is 15.1 Å². The lowest BCUT2D eigenvalue weighted by atomic mass is 9.66. The lowest BCUT2D eigenvalue weighted by Gasteiger charge is -2.47. The van der Waals surface area contributed by atoms with Crippen LogP contribution in [0.2, 0.25) is 0 Å². The molecule has 2 bridgehead atoms. The molecule has 0 amide bonds. The minimum absolute atomic E-state index is 0.225. The number of fused-ring (bicyclic) bond motifs is 2.